The largest absolute Gasteiger partial charge is 0.465 e. The van der Waals surface area contributed by atoms with Crippen molar-refractivity contribution in [3.63, 3.8) is 0 Å². The molecule has 2 bridgehead atoms. The van der Waals surface area contributed by atoms with Crippen molar-refractivity contribution in [1.29, 1.82) is 0 Å². The fourth-order valence-corrected chi connectivity index (χ4v) is 8.95. The Bertz CT molecular complexity index is 1930. The zero-order valence-electron chi connectivity index (χ0n) is 31.4. The summed E-state index contributed by atoms with van der Waals surface area (Å²) in [5.41, 5.74) is -4.65. The van der Waals surface area contributed by atoms with Gasteiger partial charge < -0.3 is 33.2 Å². The molecule has 3 aromatic rings. The summed E-state index contributed by atoms with van der Waals surface area (Å²) in [5.74, 6) is -6.48. The van der Waals surface area contributed by atoms with E-state index < -0.39 is 101 Å². The first kappa shape index (κ1) is 39.1. The molecule has 6 rings (SSSR count). The molecule has 1 saturated heterocycles. The number of carbonyl (C=O) groups is 6. The van der Waals surface area contributed by atoms with Crippen LogP contribution < -0.4 is 0 Å². The van der Waals surface area contributed by atoms with Crippen LogP contribution in [-0.4, -0.2) is 84.1 Å². The summed E-state index contributed by atoms with van der Waals surface area (Å²) >= 11 is 0. The van der Waals surface area contributed by atoms with Gasteiger partial charge in [0, 0.05) is 20.8 Å². The second-order valence-electron chi connectivity index (χ2n) is 14.8. The molecule has 1 spiro atoms. The molecule has 9 atom stereocenters. The highest BCUT2D eigenvalue weighted by Gasteiger charge is 2.86. The minimum absolute atomic E-state index is 0.0274. The smallest absolute Gasteiger partial charge is 0.338 e. The minimum atomic E-state index is -2.07. The van der Waals surface area contributed by atoms with Crippen molar-refractivity contribution < 1.29 is 61.9 Å². The van der Waals surface area contributed by atoms with E-state index in [1.54, 1.807) is 99.6 Å². The van der Waals surface area contributed by atoms with Crippen molar-refractivity contribution in [2.75, 3.05) is 6.61 Å². The Hall–Kier alpha value is -5.56. The number of hydrogen-bond acceptors (Lipinski definition) is 13. The van der Waals surface area contributed by atoms with Crippen molar-refractivity contribution in [2.24, 2.45) is 17.3 Å². The van der Waals surface area contributed by atoms with E-state index >= 15 is 0 Å². The van der Waals surface area contributed by atoms with Crippen LogP contribution in [0.1, 0.15) is 79.0 Å². The number of ether oxygens (including phenoxy) is 7. The van der Waals surface area contributed by atoms with Crippen molar-refractivity contribution in [3.8, 4) is 0 Å². The average Bonchev–Trinajstić information content (AvgIpc) is 3.35. The number of benzene rings is 3. The van der Waals surface area contributed by atoms with Crippen LogP contribution >= 0.6 is 0 Å². The molecule has 0 radical (unpaired) electrons. The molecule has 0 aromatic heterocycles. The normalized spacial score (nSPS) is 30.1. The Morgan fingerprint density at radius 1 is 0.600 bits per heavy atom. The van der Waals surface area contributed by atoms with Crippen molar-refractivity contribution in [3.05, 3.63) is 108 Å². The molecule has 55 heavy (non-hydrogen) atoms. The molecule has 13 heteroatoms. The molecule has 1 heterocycles. The minimum Gasteiger partial charge on any atom is -0.465 e. The van der Waals surface area contributed by atoms with Gasteiger partial charge in [0.1, 0.15) is 35.9 Å². The highest BCUT2D eigenvalue weighted by atomic mass is 16.6. The molecule has 3 fully saturated rings. The van der Waals surface area contributed by atoms with Gasteiger partial charge >= 0.3 is 35.8 Å². The van der Waals surface area contributed by atoms with Crippen molar-refractivity contribution >= 4 is 35.8 Å². The number of rotatable bonds is 10. The Kier molecular flexibility index (Phi) is 10.9. The molecule has 2 aliphatic carbocycles. The zero-order valence-corrected chi connectivity index (χ0v) is 31.4. The van der Waals surface area contributed by atoms with Crippen LogP contribution in [0.4, 0.5) is 0 Å². The fourth-order valence-electron chi connectivity index (χ4n) is 8.95. The molecule has 0 amide bonds. The van der Waals surface area contributed by atoms with Crippen molar-refractivity contribution in [1.82, 2.24) is 0 Å². The van der Waals surface area contributed by atoms with Gasteiger partial charge in [-0.2, -0.15) is 0 Å². The Balaban J connectivity index is 1.65. The summed E-state index contributed by atoms with van der Waals surface area (Å²) < 4.78 is 44.3. The Morgan fingerprint density at radius 2 is 1.05 bits per heavy atom. The second kappa shape index (κ2) is 15.3. The molecular formula is C42H44O13. The van der Waals surface area contributed by atoms with E-state index in [4.69, 9.17) is 33.2 Å². The van der Waals surface area contributed by atoms with Gasteiger partial charge in [0.25, 0.3) is 0 Å². The quantitative estimate of drug-likeness (QED) is 0.194. The summed E-state index contributed by atoms with van der Waals surface area (Å²) in [6.45, 7) is 8.01. The van der Waals surface area contributed by atoms with Crippen molar-refractivity contribution in [2.45, 2.75) is 89.7 Å². The van der Waals surface area contributed by atoms with Gasteiger partial charge in [-0.05, 0) is 62.6 Å². The maximum atomic E-state index is 14.2. The third-order valence-corrected chi connectivity index (χ3v) is 10.9. The average molecular weight is 757 g/mol. The maximum Gasteiger partial charge on any atom is 0.338 e. The Morgan fingerprint density at radius 3 is 1.51 bits per heavy atom. The van der Waals surface area contributed by atoms with Crippen LogP contribution in [0.25, 0.3) is 0 Å². The monoisotopic (exact) mass is 756 g/mol. The molecule has 3 aromatic carbocycles. The van der Waals surface area contributed by atoms with Gasteiger partial charge in [0.05, 0.1) is 28.2 Å². The molecule has 2 saturated carbocycles. The van der Waals surface area contributed by atoms with E-state index in [1.165, 1.54) is 19.1 Å². The maximum absolute atomic E-state index is 14.2. The third-order valence-electron chi connectivity index (χ3n) is 10.9. The predicted molar refractivity (Wildman–Crippen MR) is 192 cm³/mol. The lowest BCUT2D eigenvalue weighted by atomic mass is 9.47. The van der Waals surface area contributed by atoms with Crippen LogP contribution in [-0.2, 0) is 47.5 Å². The first-order valence-electron chi connectivity index (χ1n) is 18.1. The van der Waals surface area contributed by atoms with Gasteiger partial charge in [0.2, 0.25) is 0 Å². The predicted octanol–water partition coefficient (Wildman–Crippen LogP) is 5.29. The molecule has 1 aliphatic heterocycles. The summed E-state index contributed by atoms with van der Waals surface area (Å²) in [5, 5.41) is 0. The van der Waals surface area contributed by atoms with Gasteiger partial charge in [-0.1, -0.05) is 61.5 Å². The van der Waals surface area contributed by atoms with E-state index in [-0.39, 0.29) is 23.1 Å². The van der Waals surface area contributed by atoms with Gasteiger partial charge in [-0.15, -0.1) is 0 Å². The van der Waals surface area contributed by atoms with E-state index in [2.05, 4.69) is 0 Å². The van der Waals surface area contributed by atoms with Gasteiger partial charge in [-0.3, -0.25) is 14.4 Å². The first-order valence-corrected chi connectivity index (χ1v) is 18.1. The van der Waals surface area contributed by atoms with Gasteiger partial charge in [0.15, 0.2) is 12.2 Å². The van der Waals surface area contributed by atoms with Crippen LogP contribution in [0, 0.1) is 17.3 Å². The lowest BCUT2D eigenvalue weighted by Gasteiger charge is -2.64. The standard InChI is InChI=1S/C42H44O13/c1-24-22-31(52-37(46)28-16-10-7-11-17-28)34(53-38(47)29-18-12-8-13-19-29)41(23-49-25(2)43)36(51-27(4)45)33(50-26(3)44)32-35(42(24,41)55-40(32,5)6)54-39(48)30-20-14-9-15-21-30/h7-21,24,31-36H,22-23H2,1-6H3. The molecular weight excluding hydrogens is 712 g/mol. The summed E-state index contributed by atoms with van der Waals surface area (Å²) in [4.78, 5) is 81.3. The molecule has 9 unspecified atom stereocenters. The van der Waals surface area contributed by atoms with Crippen LogP contribution in [0.2, 0.25) is 0 Å². The number of hydrogen-bond donors (Lipinski definition) is 0. The summed E-state index contributed by atoms with van der Waals surface area (Å²) in [7, 11) is 0. The SMILES string of the molecule is CC(=O)OCC12C(OC(=O)c3ccccc3)C(OC(=O)c3ccccc3)CC(C)C13OC(C)(C)C(C(OC(C)=O)C2OC(C)=O)C3OC(=O)c1ccccc1. The lowest BCUT2D eigenvalue weighted by molar-refractivity contribution is -0.326. The molecule has 290 valence electrons. The third kappa shape index (κ3) is 7.08. The lowest BCUT2D eigenvalue weighted by Crippen LogP contribution is -2.81. The highest BCUT2D eigenvalue weighted by molar-refractivity contribution is 5.91. The number of carbonyl (C=O) groups excluding carboxylic acids is 6. The highest BCUT2D eigenvalue weighted by Crippen LogP contribution is 2.68. The van der Waals surface area contributed by atoms with Crippen LogP contribution in [0.3, 0.4) is 0 Å². The van der Waals surface area contributed by atoms with E-state index in [0.717, 1.165) is 13.8 Å². The summed E-state index contributed by atoms with van der Waals surface area (Å²) in [6, 6.07) is 24.4. The summed E-state index contributed by atoms with van der Waals surface area (Å²) in [6.07, 6.45) is -7.30. The Labute approximate surface area is 318 Å². The van der Waals surface area contributed by atoms with Crippen LogP contribution in [0.5, 0.6) is 0 Å². The van der Waals surface area contributed by atoms with E-state index in [1.807, 2.05) is 0 Å². The van der Waals surface area contributed by atoms with E-state index in [9.17, 15) is 28.8 Å². The molecule has 3 aliphatic rings. The first-order chi connectivity index (χ1) is 26.1. The number of esters is 6. The van der Waals surface area contributed by atoms with E-state index in [0.29, 0.717) is 0 Å². The van der Waals surface area contributed by atoms with Gasteiger partial charge in [-0.25, -0.2) is 14.4 Å². The second-order valence-corrected chi connectivity index (χ2v) is 14.8. The number of fused-ring (bicyclic) bond motifs is 1. The topological polar surface area (TPSA) is 167 Å². The fraction of sp³-hybridized carbons (Fsp3) is 0.429. The van der Waals surface area contributed by atoms with Crippen LogP contribution in [0.15, 0.2) is 91.0 Å². The molecule has 13 nitrogen and oxygen atoms in total. The molecule has 0 N–H and O–H groups in total. The zero-order chi connectivity index (χ0) is 39.7.